The molecule has 0 aliphatic carbocycles. The molecule has 3 heterocycles. The SMILES string of the molecule is CCCCn1c(Sc2nc3cccc(C(F)(F)F)c3s2)nc2c(N)ncnc21. The Labute approximate surface area is 166 Å². The molecule has 0 fully saturated rings. The molecule has 28 heavy (non-hydrogen) atoms. The highest BCUT2D eigenvalue weighted by Crippen LogP contribution is 2.41. The van der Waals surface area contributed by atoms with E-state index in [0.29, 0.717) is 32.7 Å². The molecule has 0 bridgehead atoms. The van der Waals surface area contributed by atoms with Crippen LogP contribution in [0.25, 0.3) is 21.4 Å². The molecule has 0 amide bonds. The van der Waals surface area contributed by atoms with Crippen molar-refractivity contribution in [3.05, 3.63) is 30.1 Å². The van der Waals surface area contributed by atoms with Crippen LogP contribution < -0.4 is 5.73 Å². The normalized spacial score (nSPS) is 12.3. The first kappa shape index (κ1) is 18.9. The summed E-state index contributed by atoms with van der Waals surface area (Å²) in [6.45, 7) is 2.74. The van der Waals surface area contributed by atoms with Crippen molar-refractivity contribution in [1.82, 2.24) is 24.5 Å². The zero-order valence-electron chi connectivity index (χ0n) is 14.7. The molecule has 0 radical (unpaired) electrons. The van der Waals surface area contributed by atoms with E-state index in [4.69, 9.17) is 5.73 Å². The Morgan fingerprint density at radius 3 is 2.79 bits per heavy atom. The molecule has 0 aliphatic rings. The third kappa shape index (κ3) is 3.39. The number of unbranched alkanes of at least 4 members (excludes halogenated alkanes) is 1. The summed E-state index contributed by atoms with van der Waals surface area (Å²) >= 11 is 2.22. The van der Waals surface area contributed by atoms with E-state index in [-0.39, 0.29) is 10.5 Å². The fraction of sp³-hybridized carbons (Fsp3) is 0.294. The number of aromatic nitrogens is 5. The molecule has 146 valence electrons. The van der Waals surface area contributed by atoms with E-state index >= 15 is 0 Å². The summed E-state index contributed by atoms with van der Waals surface area (Å²) in [5.74, 6) is 0.269. The number of halogens is 3. The van der Waals surface area contributed by atoms with Gasteiger partial charge in [-0.15, -0.1) is 11.3 Å². The van der Waals surface area contributed by atoms with Crippen LogP contribution in [0.2, 0.25) is 0 Å². The van der Waals surface area contributed by atoms with Crippen LogP contribution in [0.5, 0.6) is 0 Å². The number of fused-ring (bicyclic) bond motifs is 2. The van der Waals surface area contributed by atoms with Gasteiger partial charge < -0.3 is 10.3 Å². The molecular weight excluding hydrogens is 409 g/mol. The maximum Gasteiger partial charge on any atom is 0.417 e. The molecule has 4 rings (SSSR count). The number of imidazole rings is 1. The van der Waals surface area contributed by atoms with Gasteiger partial charge in [-0.3, -0.25) is 0 Å². The molecule has 0 aliphatic heterocycles. The molecule has 2 N–H and O–H groups in total. The summed E-state index contributed by atoms with van der Waals surface area (Å²) in [6.07, 6.45) is -1.17. The van der Waals surface area contributed by atoms with Gasteiger partial charge in [-0.1, -0.05) is 19.4 Å². The van der Waals surface area contributed by atoms with Gasteiger partial charge in [0.25, 0.3) is 0 Å². The van der Waals surface area contributed by atoms with Gasteiger partial charge in [-0.25, -0.2) is 19.9 Å². The molecule has 0 atom stereocenters. The van der Waals surface area contributed by atoms with Gasteiger partial charge in [0.15, 0.2) is 26.5 Å². The fourth-order valence-electron chi connectivity index (χ4n) is 2.80. The van der Waals surface area contributed by atoms with E-state index in [9.17, 15) is 13.2 Å². The Balaban J connectivity index is 1.79. The van der Waals surface area contributed by atoms with Crippen molar-refractivity contribution < 1.29 is 13.2 Å². The number of aryl methyl sites for hydroxylation is 1. The minimum Gasteiger partial charge on any atom is -0.382 e. The maximum absolute atomic E-state index is 13.3. The van der Waals surface area contributed by atoms with Gasteiger partial charge in [0.1, 0.15) is 6.33 Å². The molecule has 0 spiro atoms. The Kier molecular flexibility index (Phi) is 4.88. The standard InChI is InChI=1S/C17H15F3N6S2/c1-2-3-7-26-14-11(13(21)22-8-23-14)25-15(26)28-16-24-10-6-4-5-9(12(10)27-16)17(18,19)20/h4-6,8H,2-3,7H2,1H3,(H2,21,22,23). The summed E-state index contributed by atoms with van der Waals surface area (Å²) in [7, 11) is 0. The Morgan fingerprint density at radius 1 is 1.21 bits per heavy atom. The molecule has 3 aromatic heterocycles. The van der Waals surface area contributed by atoms with Crippen LogP contribution >= 0.6 is 23.1 Å². The van der Waals surface area contributed by atoms with Gasteiger partial charge >= 0.3 is 6.18 Å². The van der Waals surface area contributed by atoms with Gasteiger partial charge in [0, 0.05) is 6.54 Å². The van der Waals surface area contributed by atoms with Crippen LogP contribution in [0.15, 0.2) is 34.0 Å². The van der Waals surface area contributed by atoms with Crippen LogP contribution in [-0.2, 0) is 12.7 Å². The summed E-state index contributed by atoms with van der Waals surface area (Å²) in [5, 5.41) is 0.586. The van der Waals surface area contributed by atoms with Crippen LogP contribution in [0.3, 0.4) is 0 Å². The van der Waals surface area contributed by atoms with Crippen LogP contribution in [0.1, 0.15) is 25.3 Å². The highest BCUT2D eigenvalue weighted by atomic mass is 32.2. The number of alkyl halides is 3. The molecule has 1 aromatic carbocycles. The lowest BCUT2D eigenvalue weighted by molar-refractivity contribution is -0.136. The summed E-state index contributed by atoms with van der Waals surface area (Å²) in [5.41, 5.74) is 6.65. The highest BCUT2D eigenvalue weighted by Gasteiger charge is 2.33. The van der Waals surface area contributed by atoms with Gasteiger partial charge in [-0.05, 0) is 30.3 Å². The third-order valence-electron chi connectivity index (χ3n) is 4.14. The topological polar surface area (TPSA) is 82.5 Å². The number of nitrogen functional groups attached to an aromatic ring is 1. The minimum atomic E-state index is -4.42. The van der Waals surface area contributed by atoms with Crippen molar-refractivity contribution in [1.29, 1.82) is 0 Å². The van der Waals surface area contributed by atoms with Crippen LogP contribution in [0.4, 0.5) is 19.0 Å². The van der Waals surface area contributed by atoms with E-state index in [1.807, 2.05) is 4.57 Å². The van der Waals surface area contributed by atoms with E-state index in [1.54, 1.807) is 6.07 Å². The van der Waals surface area contributed by atoms with Gasteiger partial charge in [0.2, 0.25) is 0 Å². The summed E-state index contributed by atoms with van der Waals surface area (Å²) < 4.78 is 42.3. The van der Waals surface area contributed by atoms with Gasteiger partial charge in [-0.2, -0.15) is 13.2 Å². The molecule has 0 saturated carbocycles. The quantitative estimate of drug-likeness (QED) is 0.486. The van der Waals surface area contributed by atoms with Crippen LogP contribution in [0, 0.1) is 0 Å². The van der Waals surface area contributed by atoms with Crippen molar-refractivity contribution in [3.63, 3.8) is 0 Å². The number of thiazole rings is 1. The van der Waals surface area contributed by atoms with Crippen molar-refractivity contribution in [3.8, 4) is 0 Å². The first-order valence-corrected chi connectivity index (χ1v) is 10.1. The second-order valence-corrected chi connectivity index (χ2v) is 8.28. The van der Waals surface area contributed by atoms with E-state index in [2.05, 4.69) is 26.9 Å². The lowest BCUT2D eigenvalue weighted by Crippen LogP contribution is -2.04. The average molecular weight is 424 g/mol. The second-order valence-electron chi connectivity index (χ2n) is 6.06. The molecule has 6 nitrogen and oxygen atoms in total. The summed E-state index contributed by atoms with van der Waals surface area (Å²) in [6, 6.07) is 4.02. The number of hydrogen-bond acceptors (Lipinski definition) is 7. The predicted molar refractivity (Wildman–Crippen MR) is 103 cm³/mol. The number of nitrogens with zero attached hydrogens (tertiary/aromatic N) is 5. The Bertz CT molecular complexity index is 1150. The number of hydrogen-bond donors (Lipinski definition) is 1. The number of anilines is 1. The predicted octanol–water partition coefficient (Wildman–Crippen LogP) is 4.99. The van der Waals surface area contributed by atoms with Crippen LogP contribution in [-0.4, -0.2) is 24.5 Å². The first-order chi connectivity index (χ1) is 13.4. The molecular formula is C17H15F3N6S2. The Morgan fingerprint density at radius 2 is 2.04 bits per heavy atom. The second kappa shape index (κ2) is 7.21. The zero-order valence-corrected chi connectivity index (χ0v) is 16.3. The third-order valence-corrected chi connectivity index (χ3v) is 6.30. The fourth-order valence-corrected chi connectivity index (χ4v) is 5.00. The lowest BCUT2D eigenvalue weighted by atomic mass is 10.2. The maximum atomic E-state index is 13.3. The zero-order chi connectivity index (χ0) is 19.9. The Hall–Kier alpha value is -2.40. The monoisotopic (exact) mass is 424 g/mol. The van der Waals surface area contributed by atoms with Crippen molar-refractivity contribution >= 4 is 50.3 Å². The first-order valence-electron chi connectivity index (χ1n) is 8.49. The summed E-state index contributed by atoms with van der Waals surface area (Å²) in [4.78, 5) is 17.1. The largest absolute Gasteiger partial charge is 0.417 e. The van der Waals surface area contributed by atoms with E-state index in [1.165, 1.54) is 24.2 Å². The van der Waals surface area contributed by atoms with Crippen molar-refractivity contribution in [2.75, 3.05) is 5.73 Å². The van der Waals surface area contributed by atoms with E-state index in [0.717, 1.165) is 30.2 Å². The average Bonchev–Trinajstić information content (AvgIpc) is 3.20. The number of rotatable bonds is 5. The smallest absolute Gasteiger partial charge is 0.382 e. The molecule has 11 heteroatoms. The van der Waals surface area contributed by atoms with Crippen molar-refractivity contribution in [2.45, 2.75) is 42.0 Å². The highest BCUT2D eigenvalue weighted by molar-refractivity contribution is 8.01. The minimum absolute atomic E-state index is 0.119. The van der Waals surface area contributed by atoms with Crippen molar-refractivity contribution in [2.24, 2.45) is 0 Å². The van der Waals surface area contributed by atoms with E-state index < -0.39 is 11.7 Å². The number of nitrogens with two attached hydrogens (primary N) is 1. The molecule has 0 unspecified atom stereocenters. The lowest BCUT2D eigenvalue weighted by Gasteiger charge is -2.06. The van der Waals surface area contributed by atoms with Gasteiger partial charge in [0.05, 0.1) is 15.8 Å². The molecule has 0 saturated heterocycles. The number of benzene rings is 1. The molecule has 4 aromatic rings.